The van der Waals surface area contributed by atoms with E-state index in [-0.39, 0.29) is 27.2 Å². The number of diazo groups is 1. The third-order valence-corrected chi connectivity index (χ3v) is 5.75. The molecule has 0 aliphatic rings. The van der Waals surface area contributed by atoms with Crippen molar-refractivity contribution < 1.29 is 30.9 Å². The summed E-state index contributed by atoms with van der Waals surface area (Å²) in [4.78, 5) is 11.5. The van der Waals surface area contributed by atoms with Crippen LogP contribution in [0.4, 0.5) is 11.4 Å². The molecule has 0 aliphatic heterocycles. The van der Waals surface area contributed by atoms with Crippen LogP contribution in [0.15, 0.2) is 64.4 Å². The molecule has 0 saturated carbocycles. The van der Waals surface area contributed by atoms with E-state index in [0.29, 0.717) is 0 Å². The predicted octanol–water partition coefficient (Wildman–Crippen LogP) is 3.72. The zero-order valence-electron chi connectivity index (χ0n) is 14.5. The van der Waals surface area contributed by atoms with E-state index in [0.717, 1.165) is 18.2 Å². The van der Waals surface area contributed by atoms with E-state index in [1.807, 2.05) is 0 Å². The van der Waals surface area contributed by atoms with Crippen LogP contribution in [0.3, 0.4) is 0 Å². The third kappa shape index (κ3) is 5.26. The third-order valence-electron chi connectivity index (χ3n) is 3.64. The van der Waals surface area contributed by atoms with Crippen LogP contribution in [-0.4, -0.2) is 30.9 Å². The summed E-state index contributed by atoms with van der Waals surface area (Å²) in [5.41, 5.74) is -0.0188. The van der Waals surface area contributed by atoms with Gasteiger partial charge in [0.1, 0.15) is 20.0 Å². The van der Waals surface area contributed by atoms with Crippen molar-refractivity contribution in [1.82, 2.24) is 0 Å². The van der Waals surface area contributed by atoms with Crippen molar-refractivity contribution in [2.75, 3.05) is 0 Å². The number of nitro benzene ring substituents is 1. The molecule has 0 unspecified atom stereocenters. The lowest BCUT2D eigenvalue weighted by molar-refractivity contribution is -0.384. The number of hydrogen-bond acceptors (Lipinski definition) is 8. The summed E-state index contributed by atoms with van der Waals surface area (Å²) in [6.07, 6.45) is 0. The maximum atomic E-state index is 11.1. The van der Waals surface area contributed by atoms with Crippen molar-refractivity contribution in [3.05, 3.63) is 74.7 Å². The van der Waals surface area contributed by atoms with Gasteiger partial charge in [-0.25, -0.2) is 8.42 Å². The van der Waals surface area contributed by atoms with Crippen LogP contribution in [-0.2, 0) is 20.2 Å². The fourth-order valence-electron chi connectivity index (χ4n) is 2.39. The molecule has 0 aliphatic carbocycles. The lowest BCUT2D eigenvalue weighted by atomic mass is 10.1. The van der Waals surface area contributed by atoms with Gasteiger partial charge in [-0.05, 0) is 12.1 Å². The van der Waals surface area contributed by atoms with Crippen LogP contribution in [0.5, 0.6) is 0 Å². The zero-order chi connectivity index (χ0) is 22.7. The summed E-state index contributed by atoms with van der Waals surface area (Å²) >= 11 is 5.52. The number of hydrogen-bond donors (Lipinski definition) is 1. The van der Waals surface area contributed by atoms with Gasteiger partial charge in [0.05, 0.1) is 9.82 Å². The van der Waals surface area contributed by atoms with E-state index < -0.39 is 35.0 Å². The summed E-state index contributed by atoms with van der Waals surface area (Å²) in [7, 11) is -9.21. The number of nitrogens with zero attached hydrogens (tertiary/aromatic N) is 3. The minimum absolute atomic E-state index is 0.0167. The number of rotatable bonds is 3. The van der Waals surface area contributed by atoms with Gasteiger partial charge in [-0.1, -0.05) is 35.9 Å². The zero-order valence-corrected chi connectivity index (χ0v) is 16.9. The first-order chi connectivity index (χ1) is 13.9. The van der Waals surface area contributed by atoms with Gasteiger partial charge in [-0.15, -0.1) is 0 Å². The Hall–Kier alpha value is -3.15. The van der Waals surface area contributed by atoms with Crippen LogP contribution in [0.25, 0.3) is 15.7 Å². The monoisotopic (exact) mass is 471 g/mol. The first-order valence-electron chi connectivity index (χ1n) is 7.60. The molecule has 0 atom stereocenters. The highest BCUT2D eigenvalue weighted by atomic mass is 35.5. The summed E-state index contributed by atoms with van der Waals surface area (Å²) < 4.78 is 64.4. The summed E-state index contributed by atoms with van der Waals surface area (Å²) in [6.45, 7) is 0. The molecule has 0 bridgehead atoms. The SMILES string of the molecule is N#[N+]c1ccc([N+](=O)[O-])cc1Cl.O=S(=O)([O-])c1cccc2c(S(=O)(=O)O)cccc12. The maximum Gasteiger partial charge on any atom is 0.403 e. The van der Waals surface area contributed by atoms with Gasteiger partial charge < -0.3 is 4.55 Å². The summed E-state index contributed by atoms with van der Waals surface area (Å²) in [6, 6.07) is 10.9. The Balaban J connectivity index is 0.000000232. The molecule has 11 nitrogen and oxygen atoms in total. The lowest BCUT2D eigenvalue weighted by Crippen LogP contribution is -2.02. The van der Waals surface area contributed by atoms with Crippen molar-refractivity contribution in [1.29, 1.82) is 5.39 Å². The average molecular weight is 472 g/mol. The van der Waals surface area contributed by atoms with Gasteiger partial charge in [0.15, 0.2) is 4.98 Å². The molecule has 0 fully saturated rings. The molecule has 14 heteroatoms. The first-order valence-corrected chi connectivity index (χ1v) is 10.8. The summed E-state index contributed by atoms with van der Waals surface area (Å²) in [5, 5.41) is 18.5. The highest BCUT2D eigenvalue weighted by molar-refractivity contribution is 7.86. The number of non-ortho nitro benzene ring substituents is 1. The Morgan fingerprint density at radius 1 is 0.967 bits per heavy atom. The minimum Gasteiger partial charge on any atom is -0.744 e. The second-order valence-corrected chi connectivity index (χ2v) is 8.67. The summed E-state index contributed by atoms with van der Waals surface area (Å²) in [5.74, 6) is 0. The molecule has 156 valence electrons. The average Bonchev–Trinajstić information content (AvgIpc) is 2.66. The molecule has 3 aromatic carbocycles. The van der Waals surface area contributed by atoms with Crippen molar-refractivity contribution >= 4 is 54.0 Å². The number of nitro groups is 1. The van der Waals surface area contributed by atoms with Crippen LogP contribution in [0.1, 0.15) is 0 Å². The van der Waals surface area contributed by atoms with Gasteiger partial charge in [-0.3, -0.25) is 14.7 Å². The second kappa shape index (κ2) is 8.69. The Bertz CT molecular complexity index is 1330. The normalized spacial score (nSPS) is 11.3. The first kappa shape index (κ1) is 23.1. The van der Waals surface area contributed by atoms with Gasteiger partial charge in [0, 0.05) is 29.0 Å². The van der Waals surface area contributed by atoms with Crippen molar-refractivity contribution in [2.45, 2.75) is 9.79 Å². The molecule has 0 aromatic heterocycles. The van der Waals surface area contributed by atoms with E-state index in [1.54, 1.807) is 0 Å². The van der Waals surface area contributed by atoms with Crippen LogP contribution in [0.2, 0.25) is 5.02 Å². The van der Waals surface area contributed by atoms with E-state index in [9.17, 15) is 31.5 Å². The molecule has 30 heavy (non-hydrogen) atoms. The molecule has 3 rings (SSSR count). The van der Waals surface area contributed by atoms with Crippen LogP contribution >= 0.6 is 11.6 Å². The fourth-order valence-corrected chi connectivity index (χ4v) is 4.00. The Morgan fingerprint density at radius 2 is 1.50 bits per heavy atom. The molecule has 0 spiro atoms. The van der Waals surface area contributed by atoms with E-state index in [1.165, 1.54) is 36.4 Å². The smallest absolute Gasteiger partial charge is 0.403 e. The quantitative estimate of drug-likeness (QED) is 0.257. The Kier molecular flexibility index (Phi) is 6.70. The Labute approximate surface area is 174 Å². The number of fused-ring (bicyclic) bond motifs is 1. The minimum atomic E-state index is -4.72. The van der Waals surface area contributed by atoms with Crippen LogP contribution < -0.4 is 0 Å². The van der Waals surface area contributed by atoms with Crippen molar-refractivity contribution in [3.8, 4) is 0 Å². The highest BCUT2D eigenvalue weighted by Gasteiger charge is 2.17. The highest BCUT2D eigenvalue weighted by Crippen LogP contribution is 2.29. The maximum absolute atomic E-state index is 11.1. The van der Waals surface area contributed by atoms with Crippen molar-refractivity contribution in [2.24, 2.45) is 0 Å². The van der Waals surface area contributed by atoms with Gasteiger partial charge in [0.25, 0.3) is 15.8 Å². The lowest BCUT2D eigenvalue weighted by Gasteiger charge is -2.11. The molecule has 0 amide bonds. The van der Waals surface area contributed by atoms with E-state index >= 15 is 0 Å². The van der Waals surface area contributed by atoms with E-state index in [4.69, 9.17) is 21.5 Å². The fraction of sp³-hybridized carbons (Fsp3) is 0. The largest absolute Gasteiger partial charge is 0.744 e. The van der Waals surface area contributed by atoms with Gasteiger partial charge >= 0.3 is 5.69 Å². The molecule has 1 N–H and O–H groups in total. The molecular formula is C16H10ClN3O8S2. The molecule has 3 aromatic rings. The molecule has 0 heterocycles. The number of halogens is 1. The molecule has 0 radical (unpaired) electrons. The number of benzene rings is 3. The predicted molar refractivity (Wildman–Crippen MR) is 105 cm³/mol. The van der Waals surface area contributed by atoms with Crippen molar-refractivity contribution in [3.63, 3.8) is 0 Å². The second-order valence-electron chi connectivity index (χ2n) is 5.53. The van der Waals surface area contributed by atoms with Crippen LogP contribution in [0, 0.1) is 15.5 Å². The standard InChI is InChI=1S/C10H8O6S2.C6H3ClN3O2/c11-17(12,13)9-5-1-3-7-8(9)4-2-6-10(7)18(14,15)16;7-5-3-4(10(11)12)1-2-6(5)9-8/h1-6H,(H,11,12,13)(H,14,15,16);1-3H/q;+1/p-1. The molecule has 0 saturated heterocycles. The van der Waals surface area contributed by atoms with Gasteiger partial charge in [0.2, 0.25) is 5.39 Å². The van der Waals surface area contributed by atoms with E-state index in [2.05, 4.69) is 4.98 Å². The van der Waals surface area contributed by atoms with Gasteiger partial charge in [-0.2, -0.15) is 8.42 Å². The topological polar surface area (TPSA) is 183 Å². The Morgan fingerprint density at radius 3 is 1.93 bits per heavy atom. The molecular weight excluding hydrogens is 462 g/mol.